The van der Waals surface area contributed by atoms with Gasteiger partial charge in [0.2, 0.25) is 0 Å². The highest BCUT2D eigenvalue weighted by atomic mass is 19.4. The average molecular weight is 445 g/mol. The van der Waals surface area contributed by atoms with Gasteiger partial charge in [0, 0.05) is 23.9 Å². The van der Waals surface area contributed by atoms with Crippen LogP contribution in [-0.2, 0) is 4.74 Å². The third-order valence-corrected chi connectivity index (χ3v) is 6.26. The first-order valence-electron chi connectivity index (χ1n) is 10.1. The van der Waals surface area contributed by atoms with Gasteiger partial charge < -0.3 is 15.5 Å². The second-order valence-electron chi connectivity index (χ2n) is 8.35. The Balaban J connectivity index is 1.86. The first-order valence-corrected chi connectivity index (χ1v) is 10.1. The molecule has 3 aromatic rings. The van der Waals surface area contributed by atoms with Crippen LogP contribution in [0, 0.1) is 6.92 Å². The summed E-state index contributed by atoms with van der Waals surface area (Å²) in [5.74, 6) is -1.93. The molecule has 1 amide bonds. The van der Waals surface area contributed by atoms with Crippen molar-refractivity contribution in [1.82, 2.24) is 9.97 Å². The van der Waals surface area contributed by atoms with Crippen molar-refractivity contribution < 1.29 is 22.7 Å². The van der Waals surface area contributed by atoms with E-state index in [0.717, 1.165) is 18.1 Å². The Kier molecular flexibility index (Phi) is 5.32. The third-order valence-electron chi connectivity index (χ3n) is 6.26. The molecule has 168 valence electrons. The number of pyridine rings is 2. The van der Waals surface area contributed by atoms with E-state index < -0.39 is 34.9 Å². The maximum atomic E-state index is 13.8. The highest BCUT2D eigenvalue weighted by molar-refractivity contribution is 6.03. The van der Waals surface area contributed by atoms with Crippen LogP contribution in [-0.4, -0.2) is 34.3 Å². The van der Waals surface area contributed by atoms with Crippen LogP contribution < -0.4 is 11.2 Å². The summed E-state index contributed by atoms with van der Waals surface area (Å²) in [6, 6.07) is 10.1. The van der Waals surface area contributed by atoms with Crippen molar-refractivity contribution in [3.63, 3.8) is 0 Å². The number of nitrogens with one attached hydrogen (secondary N) is 1. The molecule has 0 radical (unpaired) electrons. The monoisotopic (exact) mass is 445 g/mol. The number of amides is 1. The average Bonchev–Trinajstić information content (AvgIpc) is 2.72. The summed E-state index contributed by atoms with van der Waals surface area (Å²) in [4.78, 5) is 31.5. The standard InChI is InChI=1S/C23H22F3N3O3/c1-12-5-3-4-6-13(12)14-10-22(2,23(24,25)26)32-11-15(14)17-9-18(30)19-16(29-17)7-8-28-20(19)21(27)31/h3-9,14-15H,10-11H2,1-2H3,(H2,27,31)(H,29,30)/t14-,15+,22+/m0/s1. The molecule has 1 aromatic carbocycles. The lowest BCUT2D eigenvalue weighted by atomic mass is 9.73. The van der Waals surface area contributed by atoms with Crippen molar-refractivity contribution in [1.29, 1.82) is 0 Å². The van der Waals surface area contributed by atoms with Crippen molar-refractivity contribution in [2.75, 3.05) is 6.61 Å². The van der Waals surface area contributed by atoms with Crippen LogP contribution >= 0.6 is 0 Å². The van der Waals surface area contributed by atoms with Crippen molar-refractivity contribution in [2.24, 2.45) is 5.73 Å². The molecule has 0 spiro atoms. The number of ether oxygens (including phenoxy) is 1. The van der Waals surface area contributed by atoms with Gasteiger partial charge in [-0.15, -0.1) is 0 Å². The molecule has 0 bridgehead atoms. The number of aromatic amines is 1. The van der Waals surface area contributed by atoms with E-state index in [1.165, 1.54) is 18.3 Å². The number of fused-ring (bicyclic) bond motifs is 1. The molecule has 9 heteroatoms. The maximum absolute atomic E-state index is 13.8. The number of hydrogen-bond donors (Lipinski definition) is 2. The number of nitrogens with zero attached hydrogens (tertiary/aromatic N) is 1. The number of alkyl halides is 3. The van der Waals surface area contributed by atoms with Crippen LogP contribution in [0.15, 0.2) is 47.4 Å². The zero-order valence-corrected chi connectivity index (χ0v) is 17.5. The van der Waals surface area contributed by atoms with E-state index in [1.54, 1.807) is 6.07 Å². The predicted octanol–water partition coefficient (Wildman–Crippen LogP) is 3.94. The number of nitrogens with two attached hydrogens (primary N) is 1. The number of aryl methyl sites for hydroxylation is 1. The maximum Gasteiger partial charge on any atom is 0.417 e. The molecular formula is C23H22F3N3O3. The van der Waals surface area contributed by atoms with Gasteiger partial charge in [0.1, 0.15) is 5.69 Å². The quantitative estimate of drug-likeness (QED) is 0.638. The van der Waals surface area contributed by atoms with Crippen molar-refractivity contribution in [2.45, 2.75) is 43.9 Å². The van der Waals surface area contributed by atoms with E-state index in [9.17, 15) is 22.8 Å². The Morgan fingerprint density at radius 3 is 2.62 bits per heavy atom. The summed E-state index contributed by atoms with van der Waals surface area (Å²) in [7, 11) is 0. The fourth-order valence-corrected chi connectivity index (χ4v) is 4.45. The molecule has 32 heavy (non-hydrogen) atoms. The van der Waals surface area contributed by atoms with Crippen LogP contribution in [0.2, 0.25) is 0 Å². The number of aromatic nitrogens is 2. The number of benzene rings is 1. The van der Waals surface area contributed by atoms with Crippen LogP contribution in [0.3, 0.4) is 0 Å². The van der Waals surface area contributed by atoms with Gasteiger partial charge in [-0.05, 0) is 43.4 Å². The first-order chi connectivity index (χ1) is 15.0. The van der Waals surface area contributed by atoms with E-state index in [4.69, 9.17) is 10.5 Å². The molecule has 1 aliphatic heterocycles. The number of rotatable bonds is 3. The largest absolute Gasteiger partial charge is 0.417 e. The normalized spacial score (nSPS) is 23.9. The summed E-state index contributed by atoms with van der Waals surface area (Å²) in [6.45, 7) is 2.67. The molecule has 2 aromatic heterocycles. The fourth-order valence-electron chi connectivity index (χ4n) is 4.45. The van der Waals surface area contributed by atoms with Crippen LogP contribution in [0.4, 0.5) is 13.2 Å². The number of halogens is 3. The Labute approximate surface area is 181 Å². The SMILES string of the molecule is Cc1ccccc1[C@@H]1C[C@](C)(C(F)(F)F)OC[C@H]1c1cc(=O)c2c(C(N)=O)nccc2[nH]1. The van der Waals surface area contributed by atoms with Gasteiger partial charge in [0.25, 0.3) is 5.91 Å². The van der Waals surface area contributed by atoms with Crippen molar-refractivity contribution in [3.8, 4) is 0 Å². The van der Waals surface area contributed by atoms with Gasteiger partial charge in [-0.25, -0.2) is 0 Å². The molecule has 6 nitrogen and oxygen atoms in total. The zero-order valence-electron chi connectivity index (χ0n) is 17.5. The van der Waals surface area contributed by atoms with Gasteiger partial charge in [0.15, 0.2) is 11.0 Å². The molecule has 3 heterocycles. The summed E-state index contributed by atoms with van der Waals surface area (Å²) in [6.07, 6.45) is -3.49. The van der Waals surface area contributed by atoms with Gasteiger partial charge in [-0.2, -0.15) is 13.2 Å². The Bertz CT molecular complexity index is 1250. The predicted molar refractivity (Wildman–Crippen MR) is 113 cm³/mol. The molecular weight excluding hydrogens is 423 g/mol. The van der Waals surface area contributed by atoms with Gasteiger partial charge in [0.05, 0.1) is 17.5 Å². The number of carbonyl (C=O) groups is 1. The summed E-state index contributed by atoms with van der Waals surface area (Å²) in [5, 5.41) is 0.0491. The number of hydrogen-bond acceptors (Lipinski definition) is 4. The second-order valence-corrected chi connectivity index (χ2v) is 8.35. The van der Waals surface area contributed by atoms with Gasteiger partial charge in [-0.3, -0.25) is 14.6 Å². The van der Waals surface area contributed by atoms with E-state index in [-0.39, 0.29) is 24.1 Å². The van der Waals surface area contributed by atoms with Gasteiger partial charge in [-0.1, -0.05) is 24.3 Å². The minimum atomic E-state index is -4.54. The van der Waals surface area contributed by atoms with E-state index in [1.807, 2.05) is 25.1 Å². The molecule has 3 atom stereocenters. The van der Waals surface area contributed by atoms with Crippen molar-refractivity contribution >= 4 is 16.8 Å². The first kappa shape index (κ1) is 22.0. The van der Waals surface area contributed by atoms with E-state index in [0.29, 0.717) is 11.2 Å². The Morgan fingerprint density at radius 2 is 1.97 bits per heavy atom. The Hall–Kier alpha value is -3.20. The van der Waals surface area contributed by atoms with Crippen LogP contribution in [0.25, 0.3) is 10.9 Å². The lowest BCUT2D eigenvalue weighted by Crippen LogP contribution is -2.51. The molecule has 0 unspecified atom stereocenters. The van der Waals surface area contributed by atoms with Gasteiger partial charge >= 0.3 is 6.18 Å². The molecule has 4 rings (SSSR count). The van der Waals surface area contributed by atoms with E-state index >= 15 is 0 Å². The van der Waals surface area contributed by atoms with E-state index in [2.05, 4.69) is 9.97 Å². The summed E-state index contributed by atoms with van der Waals surface area (Å²) < 4.78 is 46.8. The molecule has 1 aliphatic rings. The third kappa shape index (κ3) is 3.66. The van der Waals surface area contributed by atoms with Crippen molar-refractivity contribution in [3.05, 3.63) is 75.3 Å². The topological polar surface area (TPSA) is 98.1 Å². The fraction of sp³-hybridized carbons (Fsp3) is 0.348. The molecule has 1 saturated heterocycles. The highest BCUT2D eigenvalue weighted by Crippen LogP contribution is 2.50. The Morgan fingerprint density at radius 1 is 1.25 bits per heavy atom. The molecule has 0 saturated carbocycles. The number of primary amides is 1. The minimum absolute atomic E-state index is 0.0491. The van der Waals surface area contributed by atoms with Crippen LogP contribution in [0.1, 0.15) is 52.5 Å². The molecule has 0 aliphatic carbocycles. The molecule has 3 N–H and O–H groups in total. The lowest BCUT2D eigenvalue weighted by molar-refractivity contribution is -0.286. The second kappa shape index (κ2) is 7.74. The summed E-state index contributed by atoms with van der Waals surface area (Å²) >= 11 is 0. The van der Waals surface area contributed by atoms with Crippen LogP contribution in [0.5, 0.6) is 0 Å². The lowest BCUT2D eigenvalue weighted by Gasteiger charge is -2.44. The smallest absolute Gasteiger partial charge is 0.365 e. The number of carbonyl (C=O) groups excluding carboxylic acids is 1. The minimum Gasteiger partial charge on any atom is -0.365 e. The highest BCUT2D eigenvalue weighted by Gasteiger charge is 2.57. The zero-order chi connectivity index (χ0) is 23.3. The summed E-state index contributed by atoms with van der Waals surface area (Å²) in [5.41, 5.74) is 4.78. The molecule has 1 fully saturated rings. The number of H-pyrrole nitrogens is 1.